The van der Waals surface area contributed by atoms with Crippen LogP contribution in [-0.2, 0) is 12.1 Å². The fourth-order valence-corrected chi connectivity index (χ4v) is 5.50. The first kappa shape index (κ1) is 23.1. The summed E-state index contributed by atoms with van der Waals surface area (Å²) in [5.74, 6) is 1.52. The van der Waals surface area contributed by atoms with Crippen molar-refractivity contribution in [3.63, 3.8) is 0 Å². The van der Waals surface area contributed by atoms with Crippen molar-refractivity contribution >= 4 is 33.6 Å². The highest BCUT2D eigenvalue weighted by molar-refractivity contribution is 5.86. The molecule has 4 aromatic rings. The second kappa shape index (κ2) is 8.82. The van der Waals surface area contributed by atoms with Gasteiger partial charge in [-0.3, -0.25) is 4.57 Å². The molecular formula is C27H32N7O+. The van der Waals surface area contributed by atoms with Crippen molar-refractivity contribution in [2.24, 2.45) is 11.8 Å². The number of aryl methyl sites for hydroxylation is 1. The smallest absolute Gasteiger partial charge is 0.383 e. The number of fused-ring (bicyclic) bond motifs is 2. The number of hydrogen-bond acceptors (Lipinski definition) is 6. The largest absolute Gasteiger partial charge is 0.386 e. The van der Waals surface area contributed by atoms with E-state index in [2.05, 4.69) is 65.2 Å². The number of aromatic nitrogens is 4. The van der Waals surface area contributed by atoms with Gasteiger partial charge in [0.05, 0.1) is 17.3 Å². The molecule has 3 heterocycles. The zero-order valence-corrected chi connectivity index (χ0v) is 20.4. The van der Waals surface area contributed by atoms with Crippen LogP contribution in [0.2, 0.25) is 0 Å². The molecule has 0 unspecified atom stereocenters. The Bertz CT molecular complexity index is 1420. The summed E-state index contributed by atoms with van der Waals surface area (Å²) in [6.45, 7) is 12.3. The molecule has 0 amide bonds. The number of nitrogens with zero attached hydrogens (tertiary/aromatic N) is 5. The third-order valence-corrected chi connectivity index (χ3v) is 7.43. The third-order valence-electron chi connectivity index (χ3n) is 7.43. The highest BCUT2D eigenvalue weighted by atomic mass is 16.3. The van der Waals surface area contributed by atoms with Crippen molar-refractivity contribution in [3.05, 3.63) is 59.3 Å². The second-order valence-corrected chi connectivity index (χ2v) is 10.0. The average Bonchev–Trinajstić information content (AvgIpc) is 3.38. The van der Waals surface area contributed by atoms with E-state index in [-0.39, 0.29) is 11.8 Å². The highest BCUT2D eigenvalue weighted by Crippen LogP contribution is 2.48. The molecular weight excluding hydrogens is 438 g/mol. The minimum atomic E-state index is -0.991. The van der Waals surface area contributed by atoms with Crippen LogP contribution < -0.4 is 11.1 Å². The Labute approximate surface area is 205 Å². The second-order valence-electron chi connectivity index (χ2n) is 10.0. The molecule has 1 saturated carbocycles. The van der Waals surface area contributed by atoms with E-state index in [1.165, 1.54) is 11.9 Å². The summed E-state index contributed by atoms with van der Waals surface area (Å²) in [6, 6.07) is 12.7. The Morgan fingerprint density at radius 3 is 2.83 bits per heavy atom. The highest BCUT2D eigenvalue weighted by Gasteiger charge is 2.61. The number of hydrogen-bond donors (Lipinski definition) is 3. The molecule has 180 valence electrons. The first-order valence-corrected chi connectivity index (χ1v) is 12.2. The molecule has 0 spiro atoms. The van der Waals surface area contributed by atoms with Crippen LogP contribution in [0.1, 0.15) is 39.2 Å². The molecule has 0 saturated heterocycles. The van der Waals surface area contributed by atoms with E-state index in [0.717, 1.165) is 34.9 Å². The van der Waals surface area contributed by atoms with Gasteiger partial charge in [0.1, 0.15) is 18.0 Å². The van der Waals surface area contributed by atoms with E-state index >= 15 is 0 Å². The van der Waals surface area contributed by atoms with Crippen LogP contribution in [0.4, 0.5) is 11.6 Å². The zero-order chi connectivity index (χ0) is 24.7. The van der Waals surface area contributed by atoms with E-state index < -0.39 is 11.8 Å². The molecule has 3 aromatic heterocycles. The van der Waals surface area contributed by atoms with Crippen LogP contribution in [0.25, 0.3) is 26.8 Å². The molecule has 8 heteroatoms. The average molecular weight is 471 g/mol. The number of aliphatic hydroxyl groups excluding tert-OH is 1. The SMILES string of the molecule is C#[N+][C@@]1(n2ccc3c(N)ncnc32)C[C@H](CCc2ccc3ccc(NC(C)C)nc3c2)[C@@H](C)[C@H]1O. The van der Waals surface area contributed by atoms with Gasteiger partial charge in [-0.05, 0) is 68.4 Å². The fourth-order valence-electron chi connectivity index (χ4n) is 5.50. The Morgan fingerprint density at radius 1 is 1.26 bits per heavy atom. The predicted octanol–water partition coefficient (Wildman–Crippen LogP) is 4.65. The monoisotopic (exact) mass is 470 g/mol. The molecule has 0 radical (unpaired) electrons. The summed E-state index contributed by atoms with van der Waals surface area (Å²) in [7, 11) is 0. The lowest BCUT2D eigenvalue weighted by Gasteiger charge is -2.20. The van der Waals surface area contributed by atoms with Gasteiger partial charge >= 0.3 is 5.66 Å². The lowest BCUT2D eigenvalue weighted by Crippen LogP contribution is -2.39. The molecule has 0 bridgehead atoms. The maximum absolute atomic E-state index is 11.3. The first-order valence-electron chi connectivity index (χ1n) is 12.2. The van der Waals surface area contributed by atoms with E-state index in [9.17, 15) is 5.11 Å². The molecule has 0 aliphatic heterocycles. The standard InChI is InChI=1S/C27H32N7O/c1-16(2)32-23-10-9-19-7-5-18(13-22(19)33-23)6-8-20-14-27(29-4,24(35)17(20)3)34-12-11-21-25(28)30-15-31-26(21)34/h4-5,7,9-13,15-17,20,24,35H,6,8,14H2,1-3H3,(H,32,33)(H2,28,30,31)/q+1/t17-,20+,24-,27-/m1/s1. The van der Waals surface area contributed by atoms with Gasteiger partial charge in [0.15, 0.2) is 11.8 Å². The maximum atomic E-state index is 11.3. The minimum absolute atomic E-state index is 0.0133. The normalized spacial score (nSPS) is 24.3. The number of nitrogens with one attached hydrogen (secondary N) is 1. The number of nitrogen functional groups attached to an aromatic ring is 1. The first-order chi connectivity index (χ1) is 16.8. The van der Waals surface area contributed by atoms with Crippen molar-refractivity contribution in [2.45, 2.75) is 57.8 Å². The number of rotatable bonds is 6. The Morgan fingerprint density at radius 2 is 2.06 bits per heavy atom. The van der Waals surface area contributed by atoms with Crippen LogP contribution in [0.5, 0.6) is 0 Å². The van der Waals surface area contributed by atoms with Crippen LogP contribution in [0.3, 0.4) is 0 Å². The molecule has 5 rings (SSSR count). The number of pyridine rings is 1. The molecule has 1 aliphatic rings. The molecule has 1 aromatic carbocycles. The summed E-state index contributed by atoms with van der Waals surface area (Å²) in [6.07, 6.45) is 4.93. The van der Waals surface area contributed by atoms with Gasteiger partial charge in [0.25, 0.3) is 6.57 Å². The zero-order valence-electron chi connectivity index (χ0n) is 20.4. The topological polar surface area (TPSA) is 106 Å². The molecule has 35 heavy (non-hydrogen) atoms. The molecule has 4 atom stereocenters. The molecule has 1 fully saturated rings. The van der Waals surface area contributed by atoms with Gasteiger partial charge < -0.3 is 16.2 Å². The van der Waals surface area contributed by atoms with Gasteiger partial charge in [-0.25, -0.2) is 15.0 Å². The minimum Gasteiger partial charge on any atom is -0.383 e. The quantitative estimate of drug-likeness (QED) is 0.379. The van der Waals surface area contributed by atoms with Crippen molar-refractivity contribution in [2.75, 3.05) is 11.1 Å². The predicted molar refractivity (Wildman–Crippen MR) is 140 cm³/mol. The molecule has 4 N–H and O–H groups in total. The number of aliphatic hydroxyl groups is 1. The molecule has 8 nitrogen and oxygen atoms in total. The van der Waals surface area contributed by atoms with Gasteiger partial charge in [-0.1, -0.05) is 23.9 Å². The van der Waals surface area contributed by atoms with Crippen molar-refractivity contribution in [1.29, 1.82) is 0 Å². The number of anilines is 2. The number of benzene rings is 1. The third kappa shape index (κ3) is 3.96. The Balaban J connectivity index is 1.38. The summed E-state index contributed by atoms with van der Waals surface area (Å²) in [4.78, 5) is 17.5. The van der Waals surface area contributed by atoms with Crippen LogP contribution in [0.15, 0.2) is 48.9 Å². The van der Waals surface area contributed by atoms with Crippen molar-refractivity contribution in [3.8, 4) is 6.57 Å². The van der Waals surface area contributed by atoms with Gasteiger partial charge in [0.2, 0.25) is 0 Å². The fraction of sp³-hybridized carbons (Fsp3) is 0.407. The number of nitrogens with two attached hydrogens (primary N) is 1. The van der Waals surface area contributed by atoms with Gasteiger partial charge in [0, 0.05) is 17.6 Å². The van der Waals surface area contributed by atoms with E-state index in [1.807, 2.05) is 22.9 Å². The Hall–Kier alpha value is -3.70. The summed E-state index contributed by atoms with van der Waals surface area (Å²) < 4.78 is 1.87. The van der Waals surface area contributed by atoms with E-state index in [0.29, 0.717) is 23.9 Å². The van der Waals surface area contributed by atoms with Gasteiger partial charge in [-0.2, -0.15) is 0 Å². The van der Waals surface area contributed by atoms with Gasteiger partial charge in [-0.15, -0.1) is 0 Å². The summed E-state index contributed by atoms with van der Waals surface area (Å²) in [5, 5.41) is 16.6. The summed E-state index contributed by atoms with van der Waals surface area (Å²) in [5.41, 5.74) is 7.87. The van der Waals surface area contributed by atoms with Crippen LogP contribution >= 0.6 is 0 Å². The Kier molecular flexibility index (Phi) is 5.81. The van der Waals surface area contributed by atoms with Crippen LogP contribution in [-0.4, -0.2) is 36.8 Å². The molecule has 1 aliphatic carbocycles. The summed E-state index contributed by atoms with van der Waals surface area (Å²) >= 11 is 0. The van der Waals surface area contributed by atoms with E-state index in [4.69, 9.17) is 17.3 Å². The maximum Gasteiger partial charge on any atom is 0.386 e. The lowest BCUT2D eigenvalue weighted by atomic mass is 9.90. The van der Waals surface area contributed by atoms with E-state index in [1.54, 1.807) is 0 Å². The lowest BCUT2D eigenvalue weighted by molar-refractivity contribution is 0.0605. The van der Waals surface area contributed by atoms with Crippen molar-refractivity contribution < 1.29 is 5.11 Å². The van der Waals surface area contributed by atoms with Crippen LogP contribution in [0, 0.1) is 18.4 Å². The van der Waals surface area contributed by atoms with Crippen molar-refractivity contribution in [1.82, 2.24) is 19.5 Å².